The van der Waals surface area contributed by atoms with E-state index < -0.39 is 0 Å². The van der Waals surface area contributed by atoms with E-state index >= 15 is 0 Å². The second kappa shape index (κ2) is 2.88. The zero-order valence-electron chi connectivity index (χ0n) is 8.02. The van der Waals surface area contributed by atoms with Gasteiger partial charge in [0, 0.05) is 11.0 Å². The molecule has 1 aliphatic carbocycles. The summed E-state index contributed by atoms with van der Waals surface area (Å²) in [5.41, 5.74) is 0.127. The Labute approximate surface area is 78.8 Å². The number of hydrogen-bond acceptors (Lipinski definition) is 1. The number of carbonyl (C=O) groups is 1. The molecule has 0 aromatic rings. The van der Waals surface area contributed by atoms with Crippen molar-refractivity contribution in [2.24, 2.45) is 17.3 Å². The molecule has 0 saturated heterocycles. The molecule has 1 aliphatic rings. The second-order valence-electron chi connectivity index (χ2n) is 4.19. The summed E-state index contributed by atoms with van der Waals surface area (Å²) < 4.78 is 0. The second-order valence-corrected chi connectivity index (χ2v) is 4.79. The Bertz CT molecular complexity index is 236. The van der Waals surface area contributed by atoms with Crippen LogP contribution < -0.4 is 0 Å². The topological polar surface area (TPSA) is 17.1 Å². The molecule has 1 rings (SSSR count). The van der Waals surface area contributed by atoms with Crippen LogP contribution in [0.2, 0.25) is 0 Å². The van der Waals surface area contributed by atoms with Gasteiger partial charge in [-0.05, 0) is 25.2 Å². The molecular weight excluding hydrogens is 172 g/mol. The molecule has 12 heavy (non-hydrogen) atoms. The molecule has 0 aliphatic heterocycles. The van der Waals surface area contributed by atoms with Gasteiger partial charge in [0.25, 0.3) is 0 Å². The van der Waals surface area contributed by atoms with Crippen LogP contribution >= 0.6 is 11.6 Å². The summed E-state index contributed by atoms with van der Waals surface area (Å²) in [7, 11) is 0. The molecule has 1 saturated carbocycles. The van der Waals surface area contributed by atoms with Gasteiger partial charge in [-0.25, -0.2) is 0 Å². The molecule has 0 N–H and O–H groups in total. The van der Waals surface area contributed by atoms with Crippen molar-refractivity contribution in [2.75, 3.05) is 0 Å². The van der Waals surface area contributed by atoms with E-state index in [1.165, 1.54) is 0 Å². The lowest BCUT2D eigenvalue weighted by Crippen LogP contribution is -1.99. The van der Waals surface area contributed by atoms with Crippen molar-refractivity contribution in [1.29, 1.82) is 0 Å². The number of Topliss-reactive ketones (excluding diaryl/α,β-unsaturated/α-hetero) is 1. The number of hydrogen-bond donors (Lipinski definition) is 0. The Hall–Kier alpha value is -0.300. The number of carbonyl (C=O) groups excluding carboxylic acids is 1. The summed E-state index contributed by atoms with van der Waals surface area (Å²) in [5, 5.41) is 0.789. The van der Waals surface area contributed by atoms with Crippen molar-refractivity contribution >= 4 is 17.4 Å². The number of halogens is 1. The fourth-order valence-corrected chi connectivity index (χ4v) is 2.15. The number of rotatable bonds is 2. The molecule has 1 nitrogen and oxygen atoms in total. The molecule has 0 aromatic heterocycles. The highest BCUT2D eigenvalue weighted by molar-refractivity contribution is 6.29. The van der Waals surface area contributed by atoms with E-state index in [1.807, 2.05) is 13.0 Å². The van der Waals surface area contributed by atoms with Crippen molar-refractivity contribution in [3.05, 3.63) is 11.1 Å². The summed E-state index contributed by atoms with van der Waals surface area (Å²) >= 11 is 5.76. The Morgan fingerprint density at radius 1 is 1.42 bits per heavy atom. The standard InChI is InChI=1S/C10H15ClO/c1-6(11)5-8-9(7(2)12)10(8,3)4/h5,8-9H,1-4H3/b6-5-/t8-,9+/m1/s1. The average Bonchev–Trinajstić information content (AvgIpc) is 2.32. The summed E-state index contributed by atoms with van der Waals surface area (Å²) in [6, 6.07) is 0. The van der Waals surface area contributed by atoms with Crippen molar-refractivity contribution in [3.8, 4) is 0 Å². The molecule has 68 valence electrons. The third-order valence-corrected chi connectivity index (χ3v) is 2.88. The molecule has 0 aromatic carbocycles. The maximum atomic E-state index is 11.1. The van der Waals surface area contributed by atoms with E-state index in [4.69, 9.17) is 11.6 Å². The molecule has 0 amide bonds. The predicted octanol–water partition coefficient (Wildman–Crippen LogP) is 2.99. The lowest BCUT2D eigenvalue weighted by Gasteiger charge is -1.96. The predicted molar refractivity (Wildman–Crippen MR) is 51.1 cm³/mol. The molecule has 0 heterocycles. The van der Waals surface area contributed by atoms with Crippen LogP contribution in [-0.2, 0) is 4.79 Å². The summed E-state index contributed by atoms with van der Waals surface area (Å²) in [5.74, 6) is 0.817. The first-order valence-electron chi connectivity index (χ1n) is 4.21. The minimum atomic E-state index is 0.127. The molecule has 0 unspecified atom stereocenters. The van der Waals surface area contributed by atoms with Gasteiger partial charge < -0.3 is 0 Å². The van der Waals surface area contributed by atoms with Crippen LogP contribution in [0.25, 0.3) is 0 Å². The summed E-state index contributed by atoms with van der Waals surface area (Å²) in [4.78, 5) is 11.1. The molecule has 0 radical (unpaired) electrons. The molecule has 0 spiro atoms. The summed E-state index contributed by atoms with van der Waals surface area (Å²) in [6.45, 7) is 7.73. The zero-order chi connectivity index (χ0) is 9.52. The highest BCUT2D eigenvalue weighted by Crippen LogP contribution is 2.59. The minimum Gasteiger partial charge on any atom is -0.300 e. The van der Waals surface area contributed by atoms with Gasteiger partial charge in [-0.15, -0.1) is 0 Å². The lowest BCUT2D eigenvalue weighted by atomic mass is 10.1. The molecular formula is C10H15ClO. The third-order valence-electron chi connectivity index (χ3n) is 2.76. The van der Waals surface area contributed by atoms with Gasteiger partial charge >= 0.3 is 0 Å². The van der Waals surface area contributed by atoms with Crippen LogP contribution in [-0.4, -0.2) is 5.78 Å². The average molecular weight is 187 g/mol. The van der Waals surface area contributed by atoms with Crippen LogP contribution in [0.15, 0.2) is 11.1 Å². The van der Waals surface area contributed by atoms with Gasteiger partial charge in [-0.1, -0.05) is 31.5 Å². The van der Waals surface area contributed by atoms with E-state index in [0.717, 1.165) is 5.03 Å². The van der Waals surface area contributed by atoms with E-state index in [-0.39, 0.29) is 17.1 Å². The maximum Gasteiger partial charge on any atom is 0.134 e. The number of allylic oxidation sites excluding steroid dienone is 2. The van der Waals surface area contributed by atoms with Gasteiger partial charge in [0.05, 0.1) is 0 Å². The normalized spacial score (nSPS) is 33.2. The molecule has 2 atom stereocenters. The quantitative estimate of drug-likeness (QED) is 0.648. The lowest BCUT2D eigenvalue weighted by molar-refractivity contribution is -0.118. The zero-order valence-corrected chi connectivity index (χ0v) is 8.77. The van der Waals surface area contributed by atoms with Crippen molar-refractivity contribution in [1.82, 2.24) is 0 Å². The van der Waals surface area contributed by atoms with E-state index in [0.29, 0.717) is 5.92 Å². The van der Waals surface area contributed by atoms with Crippen LogP contribution in [0.3, 0.4) is 0 Å². The van der Waals surface area contributed by atoms with Crippen LogP contribution in [0.5, 0.6) is 0 Å². The first-order valence-corrected chi connectivity index (χ1v) is 4.59. The maximum absolute atomic E-state index is 11.1. The van der Waals surface area contributed by atoms with Crippen LogP contribution in [0, 0.1) is 17.3 Å². The SMILES string of the molecule is CC(=O)[C@H]1[C@@H](/C=C(/C)Cl)C1(C)C. The smallest absolute Gasteiger partial charge is 0.134 e. The van der Waals surface area contributed by atoms with Crippen molar-refractivity contribution < 1.29 is 4.79 Å². The minimum absolute atomic E-state index is 0.127. The van der Waals surface area contributed by atoms with Gasteiger partial charge in [-0.3, -0.25) is 4.79 Å². The molecule has 2 heteroatoms. The Morgan fingerprint density at radius 2 is 1.92 bits per heavy atom. The Morgan fingerprint density at radius 3 is 2.17 bits per heavy atom. The third kappa shape index (κ3) is 1.56. The summed E-state index contributed by atoms with van der Waals surface area (Å²) in [6.07, 6.45) is 1.99. The van der Waals surface area contributed by atoms with Gasteiger partial charge in [-0.2, -0.15) is 0 Å². The van der Waals surface area contributed by atoms with Crippen molar-refractivity contribution in [2.45, 2.75) is 27.7 Å². The van der Waals surface area contributed by atoms with E-state index in [9.17, 15) is 4.79 Å². The first-order chi connectivity index (χ1) is 5.37. The van der Waals surface area contributed by atoms with E-state index in [1.54, 1.807) is 6.92 Å². The fourth-order valence-electron chi connectivity index (χ4n) is 2.01. The van der Waals surface area contributed by atoms with Gasteiger partial charge in [0.1, 0.15) is 5.78 Å². The van der Waals surface area contributed by atoms with Crippen LogP contribution in [0.1, 0.15) is 27.7 Å². The molecule has 1 fully saturated rings. The highest BCUT2D eigenvalue weighted by Gasteiger charge is 2.58. The monoisotopic (exact) mass is 186 g/mol. The van der Waals surface area contributed by atoms with Gasteiger partial charge in [0.15, 0.2) is 0 Å². The fraction of sp³-hybridized carbons (Fsp3) is 0.700. The number of ketones is 1. The Balaban J connectivity index is 2.73. The van der Waals surface area contributed by atoms with Crippen molar-refractivity contribution in [3.63, 3.8) is 0 Å². The van der Waals surface area contributed by atoms with Gasteiger partial charge in [0.2, 0.25) is 0 Å². The highest BCUT2D eigenvalue weighted by atomic mass is 35.5. The Kier molecular flexibility index (Phi) is 2.35. The largest absolute Gasteiger partial charge is 0.300 e. The molecule has 0 bridgehead atoms. The van der Waals surface area contributed by atoms with Crippen LogP contribution in [0.4, 0.5) is 0 Å². The van der Waals surface area contributed by atoms with E-state index in [2.05, 4.69) is 13.8 Å². The first kappa shape index (κ1) is 9.79.